The quantitative estimate of drug-likeness (QED) is 0.183. The third kappa shape index (κ3) is 15.0. The number of hydrogen-bond acceptors (Lipinski definition) is 5. The minimum Gasteiger partial charge on any atom is -0.354 e. The molecule has 0 aliphatic heterocycles. The molecule has 0 heterocycles. The molecule has 0 aromatic heterocycles. The van der Waals surface area contributed by atoms with Gasteiger partial charge in [0.05, 0.1) is 6.04 Å². The highest BCUT2D eigenvalue weighted by Crippen LogP contribution is 2.12. The molecule has 0 aliphatic rings. The fourth-order valence-corrected chi connectivity index (χ4v) is 4.64. The van der Waals surface area contributed by atoms with Crippen molar-refractivity contribution in [3.8, 4) is 0 Å². The smallest absolute Gasteiger partial charge is 0.243 e. The maximum Gasteiger partial charge on any atom is 0.243 e. The zero-order chi connectivity index (χ0) is 31.1. The second-order valence-corrected chi connectivity index (χ2v) is 12.8. The third-order valence-electron chi connectivity index (χ3n) is 6.64. The van der Waals surface area contributed by atoms with Crippen LogP contribution in [0.25, 0.3) is 0 Å². The largest absolute Gasteiger partial charge is 0.354 e. The van der Waals surface area contributed by atoms with Crippen LogP contribution in [-0.4, -0.2) is 54.3 Å². The highest BCUT2D eigenvalue weighted by molar-refractivity contribution is 5.94. The molecule has 0 spiro atoms. The van der Waals surface area contributed by atoms with Gasteiger partial charge in [0.15, 0.2) is 0 Å². The first-order valence-electron chi connectivity index (χ1n) is 15.2. The molecule has 232 valence electrons. The molecule has 41 heavy (non-hydrogen) atoms. The number of nitrogens with two attached hydrogens (primary N) is 1. The van der Waals surface area contributed by atoms with Gasteiger partial charge in [-0.2, -0.15) is 0 Å². The lowest BCUT2D eigenvalue weighted by molar-refractivity contribution is -0.134. The van der Waals surface area contributed by atoms with Gasteiger partial charge in [0.2, 0.25) is 23.6 Å². The van der Waals surface area contributed by atoms with Gasteiger partial charge in [-0.05, 0) is 61.3 Å². The van der Waals surface area contributed by atoms with E-state index in [2.05, 4.69) is 21.3 Å². The fraction of sp³-hybridized carbons (Fsp3) is 0.688. The Bertz CT molecular complexity index is 949. The van der Waals surface area contributed by atoms with Gasteiger partial charge in [0, 0.05) is 6.54 Å². The lowest BCUT2D eigenvalue weighted by atomic mass is 9.98. The summed E-state index contributed by atoms with van der Waals surface area (Å²) in [6.07, 6.45) is 2.44. The van der Waals surface area contributed by atoms with Gasteiger partial charge >= 0.3 is 0 Å². The first kappa shape index (κ1) is 36.1. The minimum absolute atomic E-state index is 0.104. The van der Waals surface area contributed by atoms with Gasteiger partial charge in [-0.1, -0.05) is 85.7 Å². The van der Waals surface area contributed by atoms with E-state index >= 15 is 0 Å². The Morgan fingerprint density at radius 1 is 0.585 bits per heavy atom. The highest BCUT2D eigenvalue weighted by Gasteiger charge is 2.31. The summed E-state index contributed by atoms with van der Waals surface area (Å²) in [5.41, 5.74) is 7.17. The Morgan fingerprint density at radius 3 is 1.39 bits per heavy atom. The molecule has 0 fully saturated rings. The predicted molar refractivity (Wildman–Crippen MR) is 165 cm³/mol. The summed E-state index contributed by atoms with van der Waals surface area (Å²) in [6.45, 7) is 16.3. The second-order valence-electron chi connectivity index (χ2n) is 12.8. The van der Waals surface area contributed by atoms with E-state index in [0.717, 1.165) is 5.56 Å². The number of carbonyl (C=O) groups is 4. The Hall–Kier alpha value is -2.94. The SMILES string of the molecule is CC(C)C[C@@H](N)C(=O)N[C@H](CC(C)C)C(=O)N[C@H](CC(C)C)C(=O)N[C@H](CC(C)C)C(=O)NCCc1ccccc1. The number of nitrogens with one attached hydrogen (secondary N) is 4. The summed E-state index contributed by atoms with van der Waals surface area (Å²) in [5, 5.41) is 11.5. The molecule has 9 nitrogen and oxygen atoms in total. The Kier molecular flexibility index (Phi) is 16.3. The average Bonchev–Trinajstić information content (AvgIpc) is 2.86. The van der Waals surface area contributed by atoms with Crippen molar-refractivity contribution in [3.05, 3.63) is 35.9 Å². The zero-order valence-electron chi connectivity index (χ0n) is 26.5. The second kappa shape index (κ2) is 18.5. The number of carbonyl (C=O) groups excluding carboxylic acids is 4. The van der Waals surface area contributed by atoms with Gasteiger partial charge in [-0.3, -0.25) is 19.2 Å². The van der Waals surface area contributed by atoms with Gasteiger partial charge in [-0.15, -0.1) is 0 Å². The van der Waals surface area contributed by atoms with Crippen LogP contribution >= 0.6 is 0 Å². The van der Waals surface area contributed by atoms with Gasteiger partial charge in [0.1, 0.15) is 18.1 Å². The minimum atomic E-state index is -0.856. The van der Waals surface area contributed by atoms with E-state index in [0.29, 0.717) is 38.6 Å². The molecule has 0 aliphatic carbocycles. The van der Waals surface area contributed by atoms with Crippen LogP contribution in [0.4, 0.5) is 0 Å². The topological polar surface area (TPSA) is 142 Å². The van der Waals surface area contributed by atoms with E-state index in [9.17, 15) is 19.2 Å². The van der Waals surface area contributed by atoms with E-state index < -0.39 is 36.0 Å². The normalized spacial score (nSPS) is 14.5. The van der Waals surface area contributed by atoms with Crippen LogP contribution in [0.5, 0.6) is 0 Å². The molecule has 6 N–H and O–H groups in total. The lowest BCUT2D eigenvalue weighted by Crippen LogP contribution is -2.58. The van der Waals surface area contributed by atoms with E-state index in [4.69, 9.17) is 5.73 Å². The molecule has 0 unspecified atom stereocenters. The van der Waals surface area contributed by atoms with E-state index in [1.165, 1.54) is 0 Å². The first-order chi connectivity index (χ1) is 19.2. The van der Waals surface area contributed by atoms with Gasteiger partial charge < -0.3 is 27.0 Å². The van der Waals surface area contributed by atoms with Crippen LogP contribution < -0.4 is 27.0 Å². The maximum atomic E-state index is 13.5. The maximum absolute atomic E-state index is 13.5. The van der Waals surface area contributed by atoms with Crippen LogP contribution in [0.15, 0.2) is 30.3 Å². The third-order valence-corrected chi connectivity index (χ3v) is 6.64. The summed E-state index contributed by atoms with van der Waals surface area (Å²) in [4.78, 5) is 52.7. The molecule has 0 radical (unpaired) electrons. The highest BCUT2D eigenvalue weighted by atomic mass is 16.2. The number of amides is 4. The van der Waals surface area contributed by atoms with Crippen molar-refractivity contribution in [2.75, 3.05) is 6.54 Å². The van der Waals surface area contributed by atoms with Crippen molar-refractivity contribution < 1.29 is 19.2 Å². The Balaban J connectivity index is 2.97. The van der Waals surface area contributed by atoms with Crippen molar-refractivity contribution >= 4 is 23.6 Å². The van der Waals surface area contributed by atoms with Crippen molar-refractivity contribution in [2.45, 2.75) is 112 Å². The predicted octanol–water partition coefficient (Wildman–Crippen LogP) is 3.31. The summed E-state index contributed by atoms with van der Waals surface area (Å²) < 4.78 is 0. The van der Waals surface area contributed by atoms with Crippen LogP contribution in [0.2, 0.25) is 0 Å². The number of rotatable bonds is 18. The molecule has 4 atom stereocenters. The van der Waals surface area contributed by atoms with E-state index in [-0.39, 0.29) is 35.5 Å². The molecule has 4 amide bonds. The lowest BCUT2D eigenvalue weighted by Gasteiger charge is -2.28. The van der Waals surface area contributed by atoms with Crippen LogP contribution in [-0.2, 0) is 25.6 Å². The fourth-order valence-electron chi connectivity index (χ4n) is 4.64. The van der Waals surface area contributed by atoms with Gasteiger partial charge in [-0.25, -0.2) is 0 Å². The monoisotopic (exact) mass is 573 g/mol. The zero-order valence-corrected chi connectivity index (χ0v) is 26.5. The van der Waals surface area contributed by atoms with E-state index in [1.807, 2.05) is 85.7 Å². The summed E-state index contributed by atoms with van der Waals surface area (Å²) in [6, 6.07) is 6.75. The molecule has 0 saturated heterocycles. The molecule has 0 saturated carbocycles. The standard InChI is InChI=1S/C32H55N5O4/c1-20(2)16-25(33)29(38)35-27(18-22(5)6)31(40)37-28(19-23(7)8)32(41)36-26(17-21(3)4)30(39)34-15-14-24-12-10-9-11-13-24/h9-13,20-23,25-28H,14-19,33H2,1-8H3,(H,34,39)(H,35,38)(H,36,41)(H,37,40)/t25-,26-,27-,28-/m1/s1. The molecule has 1 aromatic rings. The van der Waals surface area contributed by atoms with Crippen molar-refractivity contribution in [3.63, 3.8) is 0 Å². The molecule has 1 aromatic carbocycles. The van der Waals surface area contributed by atoms with Crippen molar-refractivity contribution in [1.29, 1.82) is 0 Å². The summed E-state index contributed by atoms with van der Waals surface area (Å²) >= 11 is 0. The van der Waals surface area contributed by atoms with E-state index in [1.54, 1.807) is 0 Å². The Morgan fingerprint density at radius 2 is 0.976 bits per heavy atom. The number of benzene rings is 1. The molecule has 1 rings (SSSR count). The molecular formula is C32H55N5O4. The van der Waals surface area contributed by atoms with Crippen LogP contribution in [0.3, 0.4) is 0 Å². The van der Waals surface area contributed by atoms with Crippen molar-refractivity contribution in [2.24, 2.45) is 29.4 Å². The van der Waals surface area contributed by atoms with Crippen molar-refractivity contribution in [1.82, 2.24) is 21.3 Å². The summed E-state index contributed by atoms with van der Waals surface area (Å²) in [5.74, 6) is -0.846. The Labute approximate surface area is 247 Å². The van der Waals surface area contributed by atoms with Crippen LogP contribution in [0.1, 0.15) is 86.6 Å². The molecule has 0 bridgehead atoms. The average molecular weight is 574 g/mol. The first-order valence-corrected chi connectivity index (χ1v) is 15.2. The number of hydrogen-bond donors (Lipinski definition) is 5. The van der Waals surface area contributed by atoms with Crippen LogP contribution in [0, 0.1) is 23.7 Å². The molecular weight excluding hydrogens is 518 g/mol. The summed E-state index contributed by atoms with van der Waals surface area (Å²) in [7, 11) is 0. The van der Waals surface area contributed by atoms with Gasteiger partial charge in [0.25, 0.3) is 0 Å². The molecule has 9 heteroatoms.